The Balaban J connectivity index is 1.58. The van der Waals surface area contributed by atoms with Gasteiger partial charge in [0, 0.05) is 42.2 Å². The topological polar surface area (TPSA) is 38.2 Å². The molecule has 4 rings (SSSR count). The van der Waals surface area contributed by atoms with Gasteiger partial charge in [-0.15, -0.1) is 11.3 Å². The summed E-state index contributed by atoms with van der Waals surface area (Å²) in [5.41, 5.74) is 2.48. The van der Waals surface area contributed by atoms with Crippen LogP contribution in [-0.4, -0.2) is 36.3 Å². The van der Waals surface area contributed by atoms with Gasteiger partial charge < -0.3 is 9.64 Å². The Hall–Kier alpha value is -1.98. The summed E-state index contributed by atoms with van der Waals surface area (Å²) in [7, 11) is 0. The van der Waals surface area contributed by atoms with Crippen molar-refractivity contribution in [2.45, 2.75) is 13.3 Å². The molecular formula is C18H19N3OS. The van der Waals surface area contributed by atoms with Crippen molar-refractivity contribution in [2.75, 3.05) is 31.2 Å². The zero-order valence-electron chi connectivity index (χ0n) is 13.2. The van der Waals surface area contributed by atoms with Crippen LogP contribution in [0.25, 0.3) is 10.8 Å². The molecule has 4 nitrogen and oxygen atoms in total. The van der Waals surface area contributed by atoms with Gasteiger partial charge in [-0.05, 0) is 23.9 Å². The lowest BCUT2D eigenvalue weighted by molar-refractivity contribution is 0.122. The number of hydrogen-bond donors (Lipinski definition) is 0. The zero-order valence-corrected chi connectivity index (χ0v) is 14.0. The molecule has 0 N–H and O–H groups in total. The molecule has 118 valence electrons. The lowest BCUT2D eigenvalue weighted by Crippen LogP contribution is -2.36. The Morgan fingerprint density at radius 3 is 2.91 bits per heavy atom. The van der Waals surface area contributed by atoms with Gasteiger partial charge in [0.2, 0.25) is 0 Å². The summed E-state index contributed by atoms with van der Waals surface area (Å²) in [4.78, 5) is 12.7. The molecule has 1 fully saturated rings. The Morgan fingerprint density at radius 1 is 1.17 bits per heavy atom. The van der Waals surface area contributed by atoms with E-state index < -0.39 is 0 Å². The van der Waals surface area contributed by atoms with Gasteiger partial charge >= 0.3 is 0 Å². The second kappa shape index (κ2) is 6.26. The summed E-state index contributed by atoms with van der Waals surface area (Å²) >= 11 is 1.79. The summed E-state index contributed by atoms with van der Waals surface area (Å²) in [6, 6.07) is 8.62. The average Bonchev–Trinajstić information content (AvgIpc) is 2.96. The minimum Gasteiger partial charge on any atom is -0.378 e. The van der Waals surface area contributed by atoms with Crippen LogP contribution in [0.5, 0.6) is 0 Å². The second-order valence-electron chi connectivity index (χ2n) is 5.83. The molecule has 1 aromatic carbocycles. The van der Waals surface area contributed by atoms with E-state index >= 15 is 0 Å². The fourth-order valence-corrected chi connectivity index (χ4v) is 3.88. The van der Waals surface area contributed by atoms with Crippen molar-refractivity contribution in [3.63, 3.8) is 0 Å². The second-order valence-corrected chi connectivity index (χ2v) is 7.01. The lowest BCUT2D eigenvalue weighted by Gasteiger charge is -2.26. The van der Waals surface area contributed by atoms with Crippen LogP contribution in [0.3, 0.4) is 0 Å². The molecule has 0 aliphatic carbocycles. The first kappa shape index (κ1) is 14.6. The third kappa shape index (κ3) is 3.07. The van der Waals surface area contributed by atoms with Crippen molar-refractivity contribution >= 4 is 27.2 Å². The number of thiazole rings is 1. The molecule has 5 heteroatoms. The van der Waals surface area contributed by atoms with Crippen molar-refractivity contribution in [1.82, 2.24) is 9.97 Å². The van der Waals surface area contributed by atoms with Gasteiger partial charge in [-0.1, -0.05) is 18.2 Å². The molecule has 3 heterocycles. The molecule has 2 aromatic heterocycles. The van der Waals surface area contributed by atoms with Gasteiger partial charge in [-0.3, -0.25) is 4.98 Å². The Labute approximate surface area is 139 Å². The monoisotopic (exact) mass is 325 g/mol. The molecule has 0 saturated carbocycles. The highest BCUT2D eigenvalue weighted by Crippen LogP contribution is 2.28. The minimum atomic E-state index is 0.798. The number of hydrogen-bond acceptors (Lipinski definition) is 5. The number of fused-ring (bicyclic) bond motifs is 1. The van der Waals surface area contributed by atoms with Crippen LogP contribution in [0.1, 0.15) is 16.1 Å². The molecule has 1 aliphatic rings. The van der Waals surface area contributed by atoms with Crippen LogP contribution in [0.15, 0.2) is 36.7 Å². The SMILES string of the molecule is Cc1sc(N2CCOCC2)nc1Cc1ccc2cnccc2c1. The molecule has 1 aliphatic heterocycles. The quantitative estimate of drug-likeness (QED) is 0.739. The van der Waals surface area contributed by atoms with Crippen molar-refractivity contribution in [3.05, 3.63) is 52.8 Å². The van der Waals surface area contributed by atoms with Crippen LogP contribution in [0.2, 0.25) is 0 Å². The van der Waals surface area contributed by atoms with Crippen LogP contribution in [-0.2, 0) is 11.2 Å². The molecule has 0 bridgehead atoms. The molecule has 0 atom stereocenters. The van der Waals surface area contributed by atoms with Crippen molar-refractivity contribution in [2.24, 2.45) is 0 Å². The molecule has 0 unspecified atom stereocenters. The van der Waals surface area contributed by atoms with Gasteiger partial charge in [0.15, 0.2) is 5.13 Å². The highest BCUT2D eigenvalue weighted by Gasteiger charge is 2.17. The predicted molar refractivity (Wildman–Crippen MR) is 94.4 cm³/mol. The van der Waals surface area contributed by atoms with Crippen molar-refractivity contribution in [1.29, 1.82) is 0 Å². The summed E-state index contributed by atoms with van der Waals surface area (Å²) in [5.74, 6) is 0. The number of aromatic nitrogens is 2. The number of ether oxygens (including phenoxy) is 1. The number of rotatable bonds is 3. The average molecular weight is 325 g/mol. The first-order valence-corrected chi connectivity index (χ1v) is 8.73. The van der Waals surface area contributed by atoms with E-state index in [0.717, 1.165) is 37.9 Å². The zero-order chi connectivity index (χ0) is 15.6. The summed E-state index contributed by atoms with van der Waals surface area (Å²) in [6.07, 6.45) is 4.63. The summed E-state index contributed by atoms with van der Waals surface area (Å²) in [6.45, 7) is 5.64. The van der Waals surface area contributed by atoms with E-state index in [1.165, 1.54) is 26.9 Å². The normalized spacial score (nSPS) is 15.3. The fourth-order valence-electron chi connectivity index (χ4n) is 2.90. The van der Waals surface area contributed by atoms with Gasteiger partial charge in [-0.2, -0.15) is 0 Å². The molecule has 0 radical (unpaired) electrons. The molecule has 3 aromatic rings. The van der Waals surface area contributed by atoms with E-state index in [9.17, 15) is 0 Å². The molecule has 1 saturated heterocycles. The van der Waals surface area contributed by atoms with E-state index in [2.05, 4.69) is 41.1 Å². The Bertz CT molecular complexity index is 824. The van der Waals surface area contributed by atoms with Crippen LogP contribution >= 0.6 is 11.3 Å². The van der Waals surface area contributed by atoms with E-state index in [1.807, 2.05) is 12.4 Å². The maximum Gasteiger partial charge on any atom is 0.185 e. The standard InChI is InChI=1S/C18H19N3OS/c1-13-17(20-18(23-13)21-6-8-22-9-7-21)11-14-2-3-16-12-19-5-4-15(16)10-14/h2-5,10,12H,6-9,11H2,1H3. The number of anilines is 1. The largest absolute Gasteiger partial charge is 0.378 e. The molecular weight excluding hydrogens is 306 g/mol. The van der Waals surface area contributed by atoms with Gasteiger partial charge in [0.25, 0.3) is 0 Å². The Morgan fingerprint density at radius 2 is 2.04 bits per heavy atom. The van der Waals surface area contributed by atoms with Gasteiger partial charge in [0.05, 0.1) is 18.9 Å². The maximum atomic E-state index is 5.42. The number of aryl methyl sites for hydroxylation is 1. The molecule has 0 amide bonds. The minimum absolute atomic E-state index is 0.798. The highest BCUT2D eigenvalue weighted by molar-refractivity contribution is 7.15. The van der Waals surface area contributed by atoms with Gasteiger partial charge in [0.1, 0.15) is 0 Å². The number of pyridine rings is 1. The van der Waals surface area contributed by atoms with E-state index in [-0.39, 0.29) is 0 Å². The maximum absolute atomic E-state index is 5.42. The number of morpholine rings is 1. The summed E-state index contributed by atoms with van der Waals surface area (Å²) < 4.78 is 5.42. The van der Waals surface area contributed by atoms with E-state index in [1.54, 1.807) is 11.3 Å². The molecule has 23 heavy (non-hydrogen) atoms. The lowest BCUT2D eigenvalue weighted by atomic mass is 10.1. The van der Waals surface area contributed by atoms with Crippen molar-refractivity contribution < 1.29 is 4.74 Å². The van der Waals surface area contributed by atoms with E-state index in [4.69, 9.17) is 9.72 Å². The Kier molecular flexibility index (Phi) is 3.97. The third-order valence-electron chi connectivity index (χ3n) is 4.24. The van der Waals surface area contributed by atoms with Crippen LogP contribution in [0, 0.1) is 6.92 Å². The number of benzene rings is 1. The van der Waals surface area contributed by atoms with Crippen LogP contribution < -0.4 is 4.90 Å². The summed E-state index contributed by atoms with van der Waals surface area (Å²) in [5, 5.41) is 3.55. The van der Waals surface area contributed by atoms with Crippen LogP contribution in [0.4, 0.5) is 5.13 Å². The van der Waals surface area contributed by atoms with Crippen molar-refractivity contribution in [3.8, 4) is 0 Å². The predicted octanol–water partition coefficient (Wildman–Crippen LogP) is 3.43. The fraction of sp³-hybridized carbons (Fsp3) is 0.333. The first-order valence-electron chi connectivity index (χ1n) is 7.91. The smallest absolute Gasteiger partial charge is 0.185 e. The first-order chi connectivity index (χ1) is 11.3. The highest BCUT2D eigenvalue weighted by atomic mass is 32.1. The molecule has 0 spiro atoms. The van der Waals surface area contributed by atoms with Gasteiger partial charge in [-0.25, -0.2) is 4.98 Å². The van der Waals surface area contributed by atoms with E-state index in [0.29, 0.717) is 0 Å². The third-order valence-corrected chi connectivity index (χ3v) is 5.31. The number of nitrogens with zero attached hydrogens (tertiary/aromatic N) is 3.